The summed E-state index contributed by atoms with van der Waals surface area (Å²) in [5.41, 5.74) is 3.77. The molecule has 0 aliphatic carbocycles. The molecule has 4 nitrogen and oxygen atoms in total. The molecular formula is C10H15ClN2O2. The highest BCUT2D eigenvalue weighted by Crippen LogP contribution is 2.21. The minimum atomic E-state index is -0.933. The largest absolute Gasteiger partial charge is 0.390 e. The van der Waals surface area contributed by atoms with Gasteiger partial charge in [0.05, 0.1) is 6.10 Å². The lowest BCUT2D eigenvalue weighted by Crippen LogP contribution is -2.19. The molecule has 0 saturated heterocycles. The lowest BCUT2D eigenvalue weighted by atomic mass is 10.0. The van der Waals surface area contributed by atoms with Crippen LogP contribution < -0.4 is 11.3 Å². The molecule has 5 heteroatoms. The van der Waals surface area contributed by atoms with E-state index in [-0.39, 0.29) is 0 Å². The molecule has 0 heterocycles. The molecule has 2 unspecified atom stereocenters. The molecule has 0 aliphatic rings. The number of aliphatic hydroxyl groups is 2. The van der Waals surface area contributed by atoms with Crippen LogP contribution in [-0.4, -0.2) is 22.2 Å². The van der Waals surface area contributed by atoms with E-state index in [4.69, 9.17) is 17.4 Å². The van der Waals surface area contributed by atoms with E-state index in [1.54, 1.807) is 24.3 Å². The molecular weight excluding hydrogens is 216 g/mol. The Bertz CT molecular complexity index is 309. The van der Waals surface area contributed by atoms with Crippen LogP contribution in [0.15, 0.2) is 24.3 Å². The molecule has 1 aromatic rings. The topological polar surface area (TPSA) is 78.5 Å². The zero-order valence-electron chi connectivity index (χ0n) is 8.23. The SMILES string of the molecule is NNc1cccc(C(O)C(O)CCCl)c1. The van der Waals surface area contributed by atoms with Crippen molar-refractivity contribution >= 4 is 17.3 Å². The summed E-state index contributed by atoms with van der Waals surface area (Å²) in [5, 5.41) is 19.3. The van der Waals surface area contributed by atoms with E-state index in [1.807, 2.05) is 0 Å². The van der Waals surface area contributed by atoms with E-state index < -0.39 is 12.2 Å². The second-order valence-corrected chi connectivity index (χ2v) is 3.64. The van der Waals surface area contributed by atoms with Crippen LogP contribution in [0.25, 0.3) is 0 Å². The van der Waals surface area contributed by atoms with Crippen LogP contribution in [-0.2, 0) is 0 Å². The Kier molecular flexibility index (Phi) is 4.84. The third kappa shape index (κ3) is 3.35. The van der Waals surface area contributed by atoms with E-state index >= 15 is 0 Å². The maximum absolute atomic E-state index is 9.76. The van der Waals surface area contributed by atoms with Crippen molar-refractivity contribution in [3.05, 3.63) is 29.8 Å². The Morgan fingerprint density at radius 3 is 2.73 bits per heavy atom. The molecule has 0 saturated carbocycles. The van der Waals surface area contributed by atoms with Gasteiger partial charge in [0.25, 0.3) is 0 Å². The van der Waals surface area contributed by atoms with Gasteiger partial charge in [0.1, 0.15) is 6.10 Å². The molecule has 15 heavy (non-hydrogen) atoms. The first-order valence-electron chi connectivity index (χ1n) is 4.67. The lowest BCUT2D eigenvalue weighted by molar-refractivity contribution is 0.0170. The van der Waals surface area contributed by atoms with Crippen LogP contribution in [0.4, 0.5) is 5.69 Å². The number of hydrogen-bond donors (Lipinski definition) is 4. The molecule has 0 spiro atoms. The monoisotopic (exact) mass is 230 g/mol. The number of aliphatic hydroxyl groups excluding tert-OH is 2. The highest BCUT2D eigenvalue weighted by molar-refractivity contribution is 6.17. The van der Waals surface area contributed by atoms with Crippen LogP contribution in [0.3, 0.4) is 0 Å². The number of hydrazine groups is 1. The van der Waals surface area contributed by atoms with Gasteiger partial charge in [-0.2, -0.15) is 0 Å². The standard InChI is InChI=1S/C10H15ClN2O2/c11-5-4-9(14)10(15)7-2-1-3-8(6-7)13-12/h1-3,6,9-10,13-15H,4-5,12H2. The van der Waals surface area contributed by atoms with Crippen LogP contribution in [0, 0.1) is 0 Å². The number of alkyl halides is 1. The van der Waals surface area contributed by atoms with Crippen LogP contribution in [0.1, 0.15) is 18.1 Å². The molecule has 0 amide bonds. The zero-order chi connectivity index (χ0) is 11.3. The predicted molar refractivity (Wildman–Crippen MR) is 60.6 cm³/mol. The summed E-state index contributed by atoms with van der Waals surface area (Å²) in [6, 6.07) is 6.93. The molecule has 1 aromatic carbocycles. The quantitative estimate of drug-likeness (QED) is 0.346. The van der Waals surface area contributed by atoms with Crippen molar-refractivity contribution in [2.75, 3.05) is 11.3 Å². The Morgan fingerprint density at radius 1 is 1.40 bits per heavy atom. The van der Waals surface area contributed by atoms with Gasteiger partial charge in [0.15, 0.2) is 0 Å². The van der Waals surface area contributed by atoms with E-state index in [0.717, 1.165) is 0 Å². The van der Waals surface area contributed by atoms with Crippen molar-refractivity contribution in [1.82, 2.24) is 0 Å². The highest BCUT2D eigenvalue weighted by atomic mass is 35.5. The summed E-state index contributed by atoms with van der Waals surface area (Å²) < 4.78 is 0. The van der Waals surface area contributed by atoms with E-state index in [2.05, 4.69) is 5.43 Å². The fourth-order valence-electron chi connectivity index (χ4n) is 1.30. The fourth-order valence-corrected chi connectivity index (χ4v) is 1.53. The van der Waals surface area contributed by atoms with Gasteiger partial charge in [0, 0.05) is 11.6 Å². The first-order chi connectivity index (χ1) is 7.19. The van der Waals surface area contributed by atoms with Crippen molar-refractivity contribution in [3.8, 4) is 0 Å². The smallest absolute Gasteiger partial charge is 0.105 e. The summed E-state index contributed by atoms with van der Waals surface area (Å²) in [7, 11) is 0. The summed E-state index contributed by atoms with van der Waals surface area (Å²) in [6.45, 7) is 0. The molecule has 0 radical (unpaired) electrons. The maximum Gasteiger partial charge on any atom is 0.105 e. The number of nitrogen functional groups attached to an aromatic ring is 1. The van der Waals surface area contributed by atoms with Gasteiger partial charge in [-0.15, -0.1) is 11.6 Å². The molecule has 0 aliphatic heterocycles. The van der Waals surface area contributed by atoms with Crippen molar-refractivity contribution in [3.63, 3.8) is 0 Å². The maximum atomic E-state index is 9.76. The van der Waals surface area contributed by atoms with Gasteiger partial charge >= 0.3 is 0 Å². The number of hydrogen-bond acceptors (Lipinski definition) is 4. The average Bonchev–Trinajstić information content (AvgIpc) is 2.28. The molecule has 0 aromatic heterocycles. The Labute approximate surface area is 93.6 Å². The van der Waals surface area contributed by atoms with E-state index in [0.29, 0.717) is 23.6 Å². The molecule has 0 bridgehead atoms. The number of nitrogens with two attached hydrogens (primary N) is 1. The second-order valence-electron chi connectivity index (χ2n) is 3.26. The molecule has 2 atom stereocenters. The molecule has 0 fully saturated rings. The van der Waals surface area contributed by atoms with Gasteiger partial charge in [-0.3, -0.25) is 5.84 Å². The number of halogens is 1. The third-order valence-electron chi connectivity index (χ3n) is 2.16. The lowest BCUT2D eigenvalue weighted by Gasteiger charge is -2.17. The second kappa shape index (κ2) is 5.92. The number of rotatable bonds is 5. The first-order valence-corrected chi connectivity index (χ1v) is 5.21. The Hall–Kier alpha value is -0.810. The van der Waals surface area contributed by atoms with Crippen molar-refractivity contribution in [2.24, 2.45) is 5.84 Å². The highest BCUT2D eigenvalue weighted by Gasteiger charge is 2.17. The van der Waals surface area contributed by atoms with Gasteiger partial charge in [-0.05, 0) is 24.1 Å². The summed E-state index contributed by atoms with van der Waals surface area (Å²) in [4.78, 5) is 0. The minimum Gasteiger partial charge on any atom is -0.390 e. The summed E-state index contributed by atoms with van der Waals surface area (Å²) in [6.07, 6.45) is -1.43. The predicted octanol–water partition coefficient (Wildman–Crippen LogP) is 0.995. The normalized spacial score (nSPS) is 14.7. The van der Waals surface area contributed by atoms with Crippen molar-refractivity contribution < 1.29 is 10.2 Å². The molecule has 1 rings (SSSR count). The summed E-state index contributed by atoms with van der Waals surface area (Å²) >= 11 is 5.48. The number of benzene rings is 1. The molecule has 84 valence electrons. The van der Waals surface area contributed by atoms with Crippen LogP contribution >= 0.6 is 11.6 Å². The van der Waals surface area contributed by atoms with Gasteiger partial charge in [0.2, 0.25) is 0 Å². The van der Waals surface area contributed by atoms with Gasteiger partial charge in [-0.1, -0.05) is 12.1 Å². The number of nitrogens with one attached hydrogen (secondary N) is 1. The van der Waals surface area contributed by atoms with E-state index in [9.17, 15) is 10.2 Å². The number of anilines is 1. The van der Waals surface area contributed by atoms with E-state index in [1.165, 1.54) is 0 Å². The van der Waals surface area contributed by atoms with Crippen LogP contribution in [0.2, 0.25) is 0 Å². The third-order valence-corrected chi connectivity index (χ3v) is 2.38. The van der Waals surface area contributed by atoms with Gasteiger partial charge in [-0.25, -0.2) is 0 Å². The minimum absolute atomic E-state index is 0.313. The summed E-state index contributed by atoms with van der Waals surface area (Å²) in [5.74, 6) is 5.55. The van der Waals surface area contributed by atoms with Crippen molar-refractivity contribution in [1.29, 1.82) is 0 Å². The fraction of sp³-hybridized carbons (Fsp3) is 0.400. The average molecular weight is 231 g/mol. The Morgan fingerprint density at radius 2 is 2.13 bits per heavy atom. The Balaban J connectivity index is 2.76. The van der Waals surface area contributed by atoms with Gasteiger partial charge < -0.3 is 15.6 Å². The first kappa shape index (κ1) is 12.3. The zero-order valence-corrected chi connectivity index (χ0v) is 8.98. The van der Waals surface area contributed by atoms with Crippen LogP contribution in [0.5, 0.6) is 0 Å². The molecule has 5 N–H and O–H groups in total. The van der Waals surface area contributed by atoms with Crippen molar-refractivity contribution in [2.45, 2.75) is 18.6 Å².